The lowest BCUT2D eigenvalue weighted by molar-refractivity contribution is -0.132. The standard InChI is InChI=1S/C20H23FN2O3S/c1-16-5-7-17(8-6-16)9-10-20(24)22-11-13-23(14-12-22)27(25,26)19-4-2-3-18(21)15-19/h2-8,15H,9-14H2,1H3. The summed E-state index contributed by atoms with van der Waals surface area (Å²) in [4.78, 5) is 14.1. The predicted octanol–water partition coefficient (Wildman–Crippen LogP) is 2.60. The molecule has 0 bridgehead atoms. The molecular weight excluding hydrogens is 367 g/mol. The Morgan fingerprint density at radius 3 is 2.33 bits per heavy atom. The molecule has 0 N–H and O–H groups in total. The molecule has 0 aromatic heterocycles. The van der Waals surface area contributed by atoms with Gasteiger partial charge in [0.2, 0.25) is 15.9 Å². The van der Waals surface area contributed by atoms with E-state index in [2.05, 4.69) is 0 Å². The van der Waals surface area contributed by atoms with Gasteiger partial charge >= 0.3 is 0 Å². The summed E-state index contributed by atoms with van der Waals surface area (Å²) in [5.41, 5.74) is 2.29. The zero-order chi connectivity index (χ0) is 19.4. The second kappa shape index (κ2) is 8.19. The Kier molecular flexibility index (Phi) is 5.92. The Morgan fingerprint density at radius 2 is 1.70 bits per heavy atom. The molecule has 7 heteroatoms. The fraction of sp³-hybridized carbons (Fsp3) is 0.350. The number of halogens is 1. The maximum atomic E-state index is 13.3. The summed E-state index contributed by atoms with van der Waals surface area (Å²) in [5, 5.41) is 0. The first-order valence-corrected chi connectivity index (χ1v) is 10.4. The van der Waals surface area contributed by atoms with E-state index in [0.29, 0.717) is 25.9 Å². The highest BCUT2D eigenvalue weighted by Crippen LogP contribution is 2.19. The number of hydrogen-bond acceptors (Lipinski definition) is 3. The van der Waals surface area contributed by atoms with Crippen LogP contribution in [0.2, 0.25) is 0 Å². The van der Waals surface area contributed by atoms with Crippen molar-refractivity contribution in [2.24, 2.45) is 0 Å². The van der Waals surface area contributed by atoms with Crippen molar-refractivity contribution in [2.75, 3.05) is 26.2 Å². The molecule has 1 aliphatic heterocycles. The fourth-order valence-electron chi connectivity index (χ4n) is 3.12. The summed E-state index contributed by atoms with van der Waals surface area (Å²) in [7, 11) is -3.74. The molecule has 1 aliphatic rings. The van der Waals surface area contributed by atoms with E-state index in [4.69, 9.17) is 0 Å². The van der Waals surface area contributed by atoms with Gasteiger partial charge in [0, 0.05) is 32.6 Å². The highest BCUT2D eigenvalue weighted by molar-refractivity contribution is 7.89. The maximum Gasteiger partial charge on any atom is 0.243 e. The van der Waals surface area contributed by atoms with Crippen LogP contribution in [0.3, 0.4) is 0 Å². The monoisotopic (exact) mass is 390 g/mol. The Morgan fingerprint density at radius 1 is 1.04 bits per heavy atom. The molecule has 1 amide bonds. The van der Waals surface area contributed by atoms with Crippen molar-refractivity contribution in [1.29, 1.82) is 0 Å². The first-order valence-electron chi connectivity index (χ1n) is 8.95. The molecule has 1 saturated heterocycles. The summed E-state index contributed by atoms with van der Waals surface area (Å²) in [6, 6.07) is 13.1. The third kappa shape index (κ3) is 4.73. The zero-order valence-corrected chi connectivity index (χ0v) is 16.1. The molecule has 27 heavy (non-hydrogen) atoms. The largest absolute Gasteiger partial charge is 0.340 e. The van der Waals surface area contributed by atoms with E-state index in [1.165, 1.54) is 28.1 Å². The SMILES string of the molecule is Cc1ccc(CCC(=O)N2CCN(S(=O)(=O)c3cccc(F)c3)CC2)cc1. The van der Waals surface area contributed by atoms with Crippen molar-refractivity contribution in [3.05, 3.63) is 65.5 Å². The number of nitrogens with zero attached hydrogens (tertiary/aromatic N) is 2. The van der Waals surface area contributed by atoms with Crippen LogP contribution in [0, 0.1) is 12.7 Å². The third-order valence-electron chi connectivity index (χ3n) is 4.77. The first-order chi connectivity index (χ1) is 12.9. The van der Waals surface area contributed by atoms with Gasteiger partial charge in [0.15, 0.2) is 0 Å². The van der Waals surface area contributed by atoms with Crippen LogP contribution in [0.5, 0.6) is 0 Å². The van der Waals surface area contributed by atoms with E-state index in [1.54, 1.807) is 4.90 Å². The third-order valence-corrected chi connectivity index (χ3v) is 6.67. The van der Waals surface area contributed by atoms with E-state index in [0.717, 1.165) is 11.6 Å². The van der Waals surface area contributed by atoms with Crippen LogP contribution in [-0.4, -0.2) is 49.7 Å². The van der Waals surface area contributed by atoms with Crippen molar-refractivity contribution in [3.63, 3.8) is 0 Å². The molecule has 0 spiro atoms. The normalized spacial score (nSPS) is 15.7. The van der Waals surface area contributed by atoms with Crippen molar-refractivity contribution < 1.29 is 17.6 Å². The number of carbonyl (C=O) groups is 1. The van der Waals surface area contributed by atoms with Gasteiger partial charge in [0.1, 0.15) is 5.82 Å². The zero-order valence-electron chi connectivity index (χ0n) is 15.3. The van der Waals surface area contributed by atoms with Crippen LogP contribution in [0.4, 0.5) is 4.39 Å². The molecule has 1 fully saturated rings. The van der Waals surface area contributed by atoms with Gasteiger partial charge in [0.05, 0.1) is 4.90 Å². The Balaban J connectivity index is 1.55. The average molecular weight is 390 g/mol. The van der Waals surface area contributed by atoms with Crippen molar-refractivity contribution in [1.82, 2.24) is 9.21 Å². The molecular formula is C20H23FN2O3S. The number of carbonyl (C=O) groups excluding carboxylic acids is 1. The van der Waals surface area contributed by atoms with Crippen LogP contribution in [0.25, 0.3) is 0 Å². The Hall–Kier alpha value is -2.25. The van der Waals surface area contributed by atoms with Gasteiger partial charge in [-0.2, -0.15) is 4.31 Å². The molecule has 0 aliphatic carbocycles. The molecule has 0 unspecified atom stereocenters. The van der Waals surface area contributed by atoms with Crippen LogP contribution in [-0.2, 0) is 21.2 Å². The maximum absolute atomic E-state index is 13.3. The van der Waals surface area contributed by atoms with Gasteiger partial charge in [-0.05, 0) is 37.1 Å². The van der Waals surface area contributed by atoms with E-state index in [1.807, 2.05) is 31.2 Å². The number of benzene rings is 2. The van der Waals surface area contributed by atoms with Gasteiger partial charge in [-0.25, -0.2) is 12.8 Å². The molecule has 3 rings (SSSR count). The minimum atomic E-state index is -3.74. The van der Waals surface area contributed by atoms with Crippen LogP contribution < -0.4 is 0 Å². The van der Waals surface area contributed by atoms with Crippen LogP contribution in [0.15, 0.2) is 53.4 Å². The highest BCUT2D eigenvalue weighted by Gasteiger charge is 2.30. The van der Waals surface area contributed by atoms with E-state index in [-0.39, 0.29) is 23.9 Å². The summed E-state index contributed by atoms with van der Waals surface area (Å²) in [6.45, 7) is 3.15. The fourth-order valence-corrected chi connectivity index (χ4v) is 4.57. The van der Waals surface area contributed by atoms with Crippen molar-refractivity contribution in [3.8, 4) is 0 Å². The summed E-state index contributed by atoms with van der Waals surface area (Å²) in [6.07, 6.45) is 1.07. The summed E-state index contributed by atoms with van der Waals surface area (Å²) < 4.78 is 39.9. The second-order valence-corrected chi connectivity index (χ2v) is 8.67. The van der Waals surface area contributed by atoms with Crippen LogP contribution in [0.1, 0.15) is 17.5 Å². The van der Waals surface area contributed by atoms with E-state index in [9.17, 15) is 17.6 Å². The van der Waals surface area contributed by atoms with Crippen molar-refractivity contribution in [2.45, 2.75) is 24.7 Å². The second-order valence-electron chi connectivity index (χ2n) is 6.73. The van der Waals surface area contributed by atoms with E-state index < -0.39 is 15.8 Å². The number of sulfonamides is 1. The van der Waals surface area contributed by atoms with Gasteiger partial charge in [-0.3, -0.25) is 4.79 Å². The minimum absolute atomic E-state index is 0.0263. The molecule has 0 radical (unpaired) electrons. The number of rotatable bonds is 5. The lowest BCUT2D eigenvalue weighted by Crippen LogP contribution is -2.50. The number of aryl methyl sites for hydroxylation is 2. The molecule has 0 saturated carbocycles. The Labute approximate surface area is 159 Å². The molecule has 2 aromatic carbocycles. The van der Waals surface area contributed by atoms with E-state index >= 15 is 0 Å². The van der Waals surface area contributed by atoms with Gasteiger partial charge in [0.25, 0.3) is 0 Å². The smallest absolute Gasteiger partial charge is 0.243 e. The van der Waals surface area contributed by atoms with Gasteiger partial charge in [-0.1, -0.05) is 35.9 Å². The predicted molar refractivity (Wildman–Crippen MR) is 101 cm³/mol. The molecule has 1 heterocycles. The topological polar surface area (TPSA) is 57.7 Å². The number of piperazine rings is 1. The Bertz CT molecular complexity index is 905. The van der Waals surface area contributed by atoms with Crippen molar-refractivity contribution >= 4 is 15.9 Å². The molecule has 144 valence electrons. The lowest BCUT2D eigenvalue weighted by atomic mass is 10.1. The summed E-state index contributed by atoms with van der Waals surface area (Å²) >= 11 is 0. The molecule has 2 aromatic rings. The average Bonchev–Trinajstić information content (AvgIpc) is 2.67. The summed E-state index contributed by atoms with van der Waals surface area (Å²) in [5.74, 6) is -0.556. The minimum Gasteiger partial charge on any atom is -0.340 e. The van der Waals surface area contributed by atoms with Crippen LogP contribution >= 0.6 is 0 Å². The molecule has 0 atom stereocenters. The molecule has 5 nitrogen and oxygen atoms in total. The first kappa shape index (κ1) is 19.5. The highest BCUT2D eigenvalue weighted by atomic mass is 32.2. The lowest BCUT2D eigenvalue weighted by Gasteiger charge is -2.34. The number of amides is 1. The quantitative estimate of drug-likeness (QED) is 0.789. The number of hydrogen-bond donors (Lipinski definition) is 0. The van der Waals surface area contributed by atoms with Gasteiger partial charge in [-0.15, -0.1) is 0 Å². The van der Waals surface area contributed by atoms with Gasteiger partial charge < -0.3 is 4.90 Å².